The first-order chi connectivity index (χ1) is 9.22. The van der Waals surface area contributed by atoms with Crippen molar-refractivity contribution in [3.05, 3.63) is 40.4 Å². The van der Waals surface area contributed by atoms with E-state index >= 15 is 0 Å². The molecule has 2 atom stereocenters. The average molecular weight is 260 g/mol. The van der Waals surface area contributed by atoms with Crippen LogP contribution in [0.5, 0.6) is 0 Å². The Bertz CT molecular complexity index is 665. The molecular weight excluding hydrogens is 244 g/mol. The van der Waals surface area contributed by atoms with Crippen LogP contribution in [-0.4, -0.2) is 36.0 Å². The van der Waals surface area contributed by atoms with Crippen molar-refractivity contribution in [2.75, 3.05) is 20.3 Å². The van der Waals surface area contributed by atoms with Gasteiger partial charge in [0.1, 0.15) is 6.10 Å². The Morgan fingerprint density at radius 3 is 3.05 bits per heavy atom. The van der Waals surface area contributed by atoms with Gasteiger partial charge in [-0.1, -0.05) is 12.1 Å². The van der Waals surface area contributed by atoms with Crippen molar-refractivity contribution in [1.29, 1.82) is 0 Å². The summed E-state index contributed by atoms with van der Waals surface area (Å²) in [6, 6.07) is 5.58. The van der Waals surface area contributed by atoms with Crippen molar-refractivity contribution in [2.24, 2.45) is 0 Å². The molecule has 2 heterocycles. The highest BCUT2D eigenvalue weighted by molar-refractivity contribution is 5.80. The SMILES string of the molecule is CO[C@H]1COC[C@@H]1n1cnc2cccc(C)c2c1=O. The van der Waals surface area contributed by atoms with E-state index in [-0.39, 0.29) is 17.7 Å². The van der Waals surface area contributed by atoms with E-state index in [1.54, 1.807) is 18.0 Å². The van der Waals surface area contributed by atoms with Crippen LogP contribution in [0.25, 0.3) is 10.9 Å². The minimum atomic E-state index is -0.103. The van der Waals surface area contributed by atoms with Gasteiger partial charge in [0.05, 0.1) is 36.5 Å². The molecule has 100 valence electrons. The maximum atomic E-state index is 12.6. The standard InChI is InChI=1S/C14H16N2O3/c1-9-4-3-5-10-13(9)14(17)16(8-15-10)11-6-19-7-12(11)18-2/h3-5,8,11-12H,6-7H2,1-2H3/t11-,12-/m0/s1. The van der Waals surface area contributed by atoms with E-state index < -0.39 is 0 Å². The molecule has 0 radical (unpaired) electrons. The molecule has 1 aliphatic heterocycles. The molecule has 0 amide bonds. The van der Waals surface area contributed by atoms with E-state index in [4.69, 9.17) is 9.47 Å². The van der Waals surface area contributed by atoms with Crippen molar-refractivity contribution in [2.45, 2.75) is 19.1 Å². The topological polar surface area (TPSA) is 53.4 Å². The molecule has 0 aliphatic carbocycles. The minimum absolute atomic E-state index is 0.0272. The third kappa shape index (κ3) is 1.95. The third-order valence-electron chi connectivity index (χ3n) is 3.68. The number of hydrogen-bond donors (Lipinski definition) is 0. The molecule has 1 fully saturated rings. The van der Waals surface area contributed by atoms with E-state index in [9.17, 15) is 4.79 Å². The summed E-state index contributed by atoms with van der Waals surface area (Å²) in [6.07, 6.45) is 1.50. The van der Waals surface area contributed by atoms with Gasteiger partial charge in [-0.3, -0.25) is 9.36 Å². The first kappa shape index (κ1) is 12.3. The quantitative estimate of drug-likeness (QED) is 0.816. The Balaban J connectivity index is 2.18. The lowest BCUT2D eigenvalue weighted by atomic mass is 10.1. The molecule has 5 nitrogen and oxygen atoms in total. The van der Waals surface area contributed by atoms with Crippen molar-refractivity contribution >= 4 is 10.9 Å². The Morgan fingerprint density at radius 1 is 1.42 bits per heavy atom. The molecule has 1 aromatic heterocycles. The lowest BCUT2D eigenvalue weighted by Gasteiger charge is -2.18. The van der Waals surface area contributed by atoms with Gasteiger partial charge in [-0.2, -0.15) is 0 Å². The lowest BCUT2D eigenvalue weighted by Crippen LogP contribution is -2.33. The first-order valence-corrected chi connectivity index (χ1v) is 6.29. The smallest absolute Gasteiger partial charge is 0.261 e. The second kappa shape index (κ2) is 4.75. The number of aromatic nitrogens is 2. The number of hydrogen-bond acceptors (Lipinski definition) is 4. The fourth-order valence-electron chi connectivity index (χ4n) is 2.59. The van der Waals surface area contributed by atoms with Crippen molar-refractivity contribution in [1.82, 2.24) is 9.55 Å². The zero-order valence-corrected chi connectivity index (χ0v) is 11.0. The van der Waals surface area contributed by atoms with Crippen LogP contribution < -0.4 is 5.56 Å². The van der Waals surface area contributed by atoms with Crippen molar-refractivity contribution < 1.29 is 9.47 Å². The molecule has 5 heteroatoms. The van der Waals surface area contributed by atoms with Crippen LogP contribution in [0.4, 0.5) is 0 Å². The Hall–Kier alpha value is -1.72. The van der Waals surface area contributed by atoms with Gasteiger partial charge < -0.3 is 9.47 Å². The highest BCUT2D eigenvalue weighted by Crippen LogP contribution is 2.21. The lowest BCUT2D eigenvalue weighted by molar-refractivity contribution is 0.0679. The zero-order valence-electron chi connectivity index (χ0n) is 11.0. The molecule has 0 saturated carbocycles. The van der Waals surface area contributed by atoms with Crippen LogP contribution in [0.15, 0.2) is 29.3 Å². The van der Waals surface area contributed by atoms with E-state index in [1.807, 2.05) is 25.1 Å². The van der Waals surface area contributed by atoms with E-state index in [0.29, 0.717) is 18.6 Å². The molecule has 0 unspecified atom stereocenters. The summed E-state index contributed by atoms with van der Waals surface area (Å²) < 4.78 is 12.4. The predicted octanol–water partition coefficient (Wildman–Crippen LogP) is 1.29. The zero-order chi connectivity index (χ0) is 13.4. The van der Waals surface area contributed by atoms with E-state index in [1.165, 1.54) is 0 Å². The third-order valence-corrected chi connectivity index (χ3v) is 3.68. The van der Waals surface area contributed by atoms with Crippen LogP contribution in [0.1, 0.15) is 11.6 Å². The number of rotatable bonds is 2. The number of benzene rings is 1. The van der Waals surface area contributed by atoms with Crippen molar-refractivity contribution in [3.8, 4) is 0 Å². The summed E-state index contributed by atoms with van der Waals surface area (Å²) in [5.74, 6) is 0. The molecule has 1 aromatic carbocycles. The molecule has 19 heavy (non-hydrogen) atoms. The largest absolute Gasteiger partial charge is 0.377 e. The van der Waals surface area contributed by atoms with E-state index in [2.05, 4.69) is 4.98 Å². The monoisotopic (exact) mass is 260 g/mol. The highest BCUT2D eigenvalue weighted by Gasteiger charge is 2.30. The van der Waals surface area contributed by atoms with Gasteiger partial charge in [-0.25, -0.2) is 4.98 Å². The maximum Gasteiger partial charge on any atom is 0.261 e. The van der Waals surface area contributed by atoms with E-state index in [0.717, 1.165) is 11.1 Å². The summed E-state index contributed by atoms with van der Waals surface area (Å²) >= 11 is 0. The fraction of sp³-hybridized carbons (Fsp3) is 0.429. The van der Waals surface area contributed by atoms with Gasteiger partial charge in [0.25, 0.3) is 5.56 Å². The number of fused-ring (bicyclic) bond motifs is 1. The summed E-state index contributed by atoms with van der Waals surface area (Å²) in [7, 11) is 1.64. The van der Waals surface area contributed by atoms with Crippen LogP contribution in [0.2, 0.25) is 0 Å². The second-order valence-electron chi connectivity index (χ2n) is 4.80. The number of ether oxygens (including phenoxy) is 2. The molecule has 3 rings (SSSR count). The Morgan fingerprint density at radius 2 is 2.26 bits per heavy atom. The van der Waals surface area contributed by atoms with Crippen LogP contribution in [0.3, 0.4) is 0 Å². The molecule has 0 bridgehead atoms. The molecule has 0 spiro atoms. The van der Waals surface area contributed by atoms with Gasteiger partial charge in [-0.15, -0.1) is 0 Å². The summed E-state index contributed by atoms with van der Waals surface area (Å²) in [5.41, 5.74) is 1.65. The van der Waals surface area contributed by atoms with Gasteiger partial charge in [-0.05, 0) is 18.6 Å². The molecular formula is C14H16N2O3. The first-order valence-electron chi connectivity index (χ1n) is 6.29. The predicted molar refractivity (Wildman–Crippen MR) is 71.4 cm³/mol. The minimum Gasteiger partial charge on any atom is -0.377 e. The summed E-state index contributed by atoms with van der Waals surface area (Å²) in [5, 5.41) is 0.673. The summed E-state index contributed by atoms with van der Waals surface area (Å²) in [6.45, 7) is 2.92. The number of methoxy groups -OCH3 is 1. The van der Waals surface area contributed by atoms with Gasteiger partial charge in [0.2, 0.25) is 0 Å². The average Bonchev–Trinajstić information content (AvgIpc) is 2.87. The highest BCUT2D eigenvalue weighted by atomic mass is 16.5. The molecule has 0 N–H and O–H groups in total. The summed E-state index contributed by atoms with van der Waals surface area (Å²) in [4.78, 5) is 17.0. The van der Waals surface area contributed by atoms with Crippen molar-refractivity contribution in [3.63, 3.8) is 0 Å². The van der Waals surface area contributed by atoms with Gasteiger partial charge in [0, 0.05) is 7.11 Å². The Labute approximate surface area is 110 Å². The molecule has 1 saturated heterocycles. The number of aryl methyl sites for hydroxylation is 1. The maximum absolute atomic E-state index is 12.6. The second-order valence-corrected chi connectivity index (χ2v) is 4.80. The fourth-order valence-corrected chi connectivity index (χ4v) is 2.59. The molecule has 1 aliphatic rings. The normalized spacial score (nSPS) is 23.1. The molecule has 2 aromatic rings. The van der Waals surface area contributed by atoms with Gasteiger partial charge in [0.15, 0.2) is 0 Å². The Kier molecular flexibility index (Phi) is 3.08. The van der Waals surface area contributed by atoms with Crippen LogP contribution in [-0.2, 0) is 9.47 Å². The number of nitrogens with zero attached hydrogens (tertiary/aromatic N) is 2. The van der Waals surface area contributed by atoms with Crippen LogP contribution >= 0.6 is 0 Å². The van der Waals surface area contributed by atoms with Crippen LogP contribution in [0, 0.1) is 6.92 Å². The van der Waals surface area contributed by atoms with Gasteiger partial charge >= 0.3 is 0 Å².